The number of aliphatic hydroxyl groups excluding tert-OH is 6. The van der Waals surface area contributed by atoms with Crippen molar-refractivity contribution in [1.29, 1.82) is 0 Å². The minimum atomic E-state index is -2.85. The third-order valence-electron chi connectivity index (χ3n) is 6.11. The topological polar surface area (TPSA) is 267 Å². The molecular formula is C18H31N3O12. The van der Waals surface area contributed by atoms with Crippen LogP contribution in [0.15, 0.2) is 0 Å². The number of carbonyl (C=O) groups excluding carboxylic acids is 2. The smallest absolute Gasteiger partial charge is 0.333 e. The van der Waals surface area contributed by atoms with Gasteiger partial charge in [-0.05, 0) is 6.92 Å². The Labute approximate surface area is 188 Å². The lowest BCUT2D eigenvalue weighted by molar-refractivity contribution is -0.278. The Kier molecular flexibility index (Phi) is 8.37. The lowest BCUT2D eigenvalue weighted by Gasteiger charge is -2.54. The van der Waals surface area contributed by atoms with Crippen LogP contribution in [0.4, 0.5) is 0 Å². The van der Waals surface area contributed by atoms with Crippen molar-refractivity contribution >= 4 is 17.8 Å². The predicted octanol–water partition coefficient (Wildman–Crippen LogP) is -5.83. The first-order chi connectivity index (χ1) is 15.2. The SMILES string of the molecule is CC(=O)N(C1O[C@H](CO)[C@@H](O)[C@H](O)[C@H]1N)[C@@](CC(N)=O)(C(=O)O)C1O[C@@H](C)[C@@H](O)[C@@H](O)[C@@H]1O. The Morgan fingerprint density at radius 2 is 1.55 bits per heavy atom. The number of primary amides is 1. The maximum Gasteiger partial charge on any atom is 0.333 e. The van der Waals surface area contributed by atoms with Crippen molar-refractivity contribution in [3.8, 4) is 0 Å². The summed E-state index contributed by atoms with van der Waals surface area (Å²) in [4.78, 5) is 37.9. The largest absolute Gasteiger partial charge is 0.479 e. The van der Waals surface area contributed by atoms with E-state index in [0.29, 0.717) is 4.90 Å². The normalized spacial score (nSPS) is 41.1. The monoisotopic (exact) mass is 481 g/mol. The van der Waals surface area contributed by atoms with Gasteiger partial charge in [0.05, 0.1) is 25.2 Å². The number of carboxylic acid groups (broad SMARTS) is 1. The molecule has 2 unspecified atom stereocenters. The first-order valence-corrected chi connectivity index (χ1v) is 10.1. The fourth-order valence-electron chi connectivity index (χ4n) is 4.37. The summed E-state index contributed by atoms with van der Waals surface area (Å²) in [5, 5.41) is 71.0. The van der Waals surface area contributed by atoms with E-state index < -0.39 is 97.5 Å². The Balaban J connectivity index is 2.73. The molecule has 11 N–H and O–H groups in total. The molecule has 0 aromatic heterocycles. The van der Waals surface area contributed by atoms with Crippen LogP contribution >= 0.6 is 0 Å². The van der Waals surface area contributed by atoms with Crippen LogP contribution in [0.3, 0.4) is 0 Å². The minimum Gasteiger partial charge on any atom is -0.479 e. The summed E-state index contributed by atoms with van der Waals surface area (Å²) in [5.41, 5.74) is 8.35. The Morgan fingerprint density at radius 1 is 0.970 bits per heavy atom. The highest BCUT2D eigenvalue weighted by molar-refractivity contribution is 5.92. The number of nitrogens with two attached hydrogens (primary N) is 2. The summed E-state index contributed by atoms with van der Waals surface area (Å²) in [5.74, 6) is -4.24. The Morgan fingerprint density at radius 3 is 2.00 bits per heavy atom. The number of aliphatic hydroxyl groups is 6. The molecule has 2 heterocycles. The molecule has 15 nitrogen and oxygen atoms in total. The van der Waals surface area contributed by atoms with Gasteiger partial charge in [-0.2, -0.15) is 0 Å². The highest BCUT2D eigenvalue weighted by atomic mass is 16.6. The van der Waals surface area contributed by atoms with E-state index >= 15 is 0 Å². The van der Waals surface area contributed by atoms with Gasteiger partial charge in [0.2, 0.25) is 11.8 Å². The highest BCUT2D eigenvalue weighted by Crippen LogP contribution is 2.38. The molecule has 190 valence electrons. The molecule has 0 saturated carbocycles. The van der Waals surface area contributed by atoms with Crippen molar-refractivity contribution in [2.75, 3.05) is 6.61 Å². The quantitative estimate of drug-likeness (QED) is 0.164. The van der Waals surface area contributed by atoms with Gasteiger partial charge >= 0.3 is 5.97 Å². The zero-order valence-corrected chi connectivity index (χ0v) is 18.0. The van der Waals surface area contributed by atoms with Crippen molar-refractivity contribution in [2.24, 2.45) is 11.5 Å². The lowest BCUT2D eigenvalue weighted by Crippen LogP contribution is -2.78. The summed E-state index contributed by atoms with van der Waals surface area (Å²) in [6.45, 7) is 1.28. The Hall–Kier alpha value is -1.95. The van der Waals surface area contributed by atoms with Crippen LogP contribution in [0.5, 0.6) is 0 Å². The van der Waals surface area contributed by atoms with Gasteiger partial charge < -0.3 is 56.7 Å². The maximum atomic E-state index is 12.8. The van der Waals surface area contributed by atoms with Gasteiger partial charge in [-0.15, -0.1) is 0 Å². The van der Waals surface area contributed by atoms with E-state index in [-0.39, 0.29) is 0 Å². The van der Waals surface area contributed by atoms with Gasteiger partial charge in [-0.25, -0.2) is 4.79 Å². The van der Waals surface area contributed by atoms with Crippen LogP contribution in [-0.4, -0.2) is 132 Å². The van der Waals surface area contributed by atoms with E-state index in [1.54, 1.807) is 0 Å². The fourth-order valence-corrected chi connectivity index (χ4v) is 4.37. The fraction of sp³-hybridized carbons (Fsp3) is 0.833. The first-order valence-electron chi connectivity index (χ1n) is 10.1. The average molecular weight is 481 g/mol. The zero-order chi connectivity index (χ0) is 25.4. The number of carbonyl (C=O) groups is 3. The molecule has 0 aromatic rings. The van der Waals surface area contributed by atoms with E-state index in [2.05, 4.69) is 0 Å². The van der Waals surface area contributed by atoms with E-state index in [1.165, 1.54) is 6.92 Å². The summed E-state index contributed by atoms with van der Waals surface area (Å²) >= 11 is 0. The number of rotatable bonds is 7. The Bertz CT molecular complexity index is 753. The third-order valence-corrected chi connectivity index (χ3v) is 6.11. The molecule has 11 atom stereocenters. The van der Waals surface area contributed by atoms with Crippen LogP contribution in [-0.2, 0) is 23.9 Å². The third kappa shape index (κ3) is 4.68. The number of carboxylic acids is 1. The molecule has 2 aliphatic rings. The second-order valence-corrected chi connectivity index (χ2v) is 8.30. The van der Waals surface area contributed by atoms with E-state index in [9.17, 15) is 50.1 Å². The number of hydrogen-bond acceptors (Lipinski definition) is 12. The zero-order valence-electron chi connectivity index (χ0n) is 18.0. The van der Waals surface area contributed by atoms with Gasteiger partial charge in [-0.3, -0.25) is 14.5 Å². The van der Waals surface area contributed by atoms with Gasteiger partial charge in [-0.1, -0.05) is 0 Å². The molecule has 15 heteroatoms. The molecule has 2 aliphatic heterocycles. The molecular weight excluding hydrogens is 450 g/mol. The molecule has 0 aromatic carbocycles. The molecule has 0 aliphatic carbocycles. The summed E-state index contributed by atoms with van der Waals surface area (Å²) < 4.78 is 10.9. The van der Waals surface area contributed by atoms with Crippen LogP contribution in [0.2, 0.25) is 0 Å². The molecule has 0 radical (unpaired) electrons. The van der Waals surface area contributed by atoms with Gasteiger partial charge in [0, 0.05) is 6.92 Å². The van der Waals surface area contributed by atoms with E-state index in [1.807, 2.05) is 0 Å². The number of hydrogen-bond donors (Lipinski definition) is 9. The van der Waals surface area contributed by atoms with Crippen molar-refractivity contribution in [3.05, 3.63) is 0 Å². The number of amides is 2. The summed E-state index contributed by atoms with van der Waals surface area (Å²) in [6.07, 6.45) is -17.0. The summed E-state index contributed by atoms with van der Waals surface area (Å²) in [6, 6.07) is -1.65. The molecule has 2 amide bonds. The molecule has 2 rings (SSSR count). The van der Waals surface area contributed by atoms with Crippen molar-refractivity contribution in [2.45, 2.75) is 86.9 Å². The maximum absolute atomic E-state index is 12.8. The van der Waals surface area contributed by atoms with Crippen molar-refractivity contribution in [3.63, 3.8) is 0 Å². The second kappa shape index (κ2) is 10.1. The van der Waals surface area contributed by atoms with Gasteiger partial charge in [0.15, 0.2) is 11.8 Å². The minimum absolute atomic E-state index is 0.424. The molecule has 0 bridgehead atoms. The molecule has 2 saturated heterocycles. The van der Waals surface area contributed by atoms with Crippen molar-refractivity contribution < 1.29 is 59.6 Å². The van der Waals surface area contributed by atoms with Gasteiger partial charge in [0.1, 0.15) is 42.7 Å². The van der Waals surface area contributed by atoms with Crippen LogP contribution in [0.1, 0.15) is 20.3 Å². The van der Waals surface area contributed by atoms with Crippen LogP contribution in [0.25, 0.3) is 0 Å². The molecule has 2 fully saturated rings. The highest BCUT2D eigenvalue weighted by Gasteiger charge is 2.64. The van der Waals surface area contributed by atoms with Crippen LogP contribution in [0, 0.1) is 0 Å². The van der Waals surface area contributed by atoms with E-state index in [4.69, 9.17) is 20.9 Å². The van der Waals surface area contributed by atoms with Gasteiger partial charge in [0.25, 0.3) is 0 Å². The van der Waals surface area contributed by atoms with Crippen LogP contribution < -0.4 is 11.5 Å². The first kappa shape index (κ1) is 27.3. The second-order valence-electron chi connectivity index (χ2n) is 8.30. The average Bonchev–Trinajstić information content (AvgIpc) is 2.73. The van der Waals surface area contributed by atoms with E-state index in [0.717, 1.165) is 6.92 Å². The number of aliphatic carboxylic acids is 1. The number of ether oxygens (including phenoxy) is 2. The summed E-state index contributed by atoms with van der Waals surface area (Å²) in [7, 11) is 0. The standard InChI is InChI=1S/C18H31N3O12/c1-5-10(25)13(28)14(29)15(32-5)18(17(30)31,3-8(19)24)21(6(2)23)16-9(20)12(27)11(26)7(4-22)33-16/h5,7,9-16,22,25-29H,3-4,20H2,1-2H3,(H2,19,24)(H,30,31)/t5-,7+,9+,10+,11+,12+,13+,14-,15?,16?,18+/m0/s1. The van der Waals surface area contributed by atoms with Crippen molar-refractivity contribution in [1.82, 2.24) is 4.90 Å². The molecule has 33 heavy (non-hydrogen) atoms. The predicted molar refractivity (Wildman–Crippen MR) is 105 cm³/mol. The number of nitrogens with zero attached hydrogens (tertiary/aromatic N) is 1. The lowest BCUT2D eigenvalue weighted by atomic mass is 9.77. The molecule has 0 spiro atoms.